The molecule has 1 unspecified atom stereocenters. The highest BCUT2D eigenvalue weighted by Crippen LogP contribution is 2.36. The van der Waals surface area contributed by atoms with Crippen molar-refractivity contribution in [1.82, 2.24) is 34.8 Å². The molecule has 1 saturated heterocycles. The van der Waals surface area contributed by atoms with E-state index in [0.29, 0.717) is 22.9 Å². The SMILES string of the molecule is CC(=O)OC(Sc1nnnn1C)[C@H]1[C@@H](NC(=O)C(=NOC(C)(C)C(=O)OC(c2ccccc2)c2ccccc2)c2csc(N)n2)C(=O)N1S(=O)(=O)O. The van der Waals surface area contributed by atoms with Crippen LogP contribution in [0.15, 0.2) is 76.4 Å². The molecular weight excluding hydrogens is 743 g/mol. The van der Waals surface area contributed by atoms with Crippen molar-refractivity contribution in [3.05, 3.63) is 82.9 Å². The standard InChI is InChI=1S/C30H31N9O10S3/c1-16(40)47-26(51-29-34-36-37-38(29)4)22-21(25(42)39(22)52(44,45)46)33-24(41)20(19-15-50-28(31)32-19)35-49-30(2,3)27(43)48-23(17-11-7-5-8-12-17)18-13-9-6-10-14-18/h5-15,21-23,26H,1-4H3,(H2,31,32)(H,33,41)(H,44,45,46)/t21-,22-,26?/m1/s1. The third-order valence-corrected chi connectivity index (χ3v) is 10.0. The molecule has 52 heavy (non-hydrogen) atoms. The van der Waals surface area contributed by atoms with Crippen LogP contribution in [0.4, 0.5) is 5.13 Å². The van der Waals surface area contributed by atoms with E-state index in [9.17, 15) is 32.1 Å². The summed E-state index contributed by atoms with van der Waals surface area (Å²) in [4.78, 5) is 62.2. The zero-order valence-corrected chi connectivity index (χ0v) is 30.2. The minimum absolute atomic E-state index is 0.0292. The van der Waals surface area contributed by atoms with E-state index >= 15 is 0 Å². The smallest absolute Gasteiger partial charge is 0.362 e. The third kappa shape index (κ3) is 8.53. The van der Waals surface area contributed by atoms with Crippen LogP contribution >= 0.6 is 23.1 Å². The van der Waals surface area contributed by atoms with Gasteiger partial charge in [-0.25, -0.2) is 18.8 Å². The average Bonchev–Trinajstić information content (AvgIpc) is 3.71. The number of aryl methyl sites for hydroxylation is 1. The van der Waals surface area contributed by atoms with Crippen LogP contribution in [-0.2, 0) is 50.8 Å². The number of benzene rings is 2. The van der Waals surface area contributed by atoms with Gasteiger partial charge in [0.1, 0.15) is 17.8 Å². The number of amides is 2. The fourth-order valence-electron chi connectivity index (χ4n) is 4.76. The quantitative estimate of drug-likeness (QED) is 0.0310. The first kappa shape index (κ1) is 37.8. The number of anilines is 1. The number of ether oxygens (including phenoxy) is 2. The van der Waals surface area contributed by atoms with E-state index < -0.39 is 69.0 Å². The molecule has 3 atom stereocenters. The van der Waals surface area contributed by atoms with Gasteiger partial charge in [0.15, 0.2) is 22.4 Å². The highest BCUT2D eigenvalue weighted by atomic mass is 32.2. The number of thioether (sulfide) groups is 1. The second-order valence-electron chi connectivity index (χ2n) is 11.5. The average molecular weight is 774 g/mol. The number of nitrogens with two attached hydrogens (primary N) is 1. The Kier molecular flexibility index (Phi) is 11.2. The molecule has 3 heterocycles. The Bertz CT molecular complexity index is 2050. The molecule has 0 radical (unpaired) electrons. The maximum absolute atomic E-state index is 13.8. The van der Waals surface area contributed by atoms with Crippen molar-refractivity contribution < 1.29 is 46.5 Å². The molecule has 0 bridgehead atoms. The van der Waals surface area contributed by atoms with Crippen molar-refractivity contribution in [2.24, 2.45) is 12.2 Å². The van der Waals surface area contributed by atoms with Crippen molar-refractivity contribution >= 4 is 68.0 Å². The van der Waals surface area contributed by atoms with E-state index in [-0.39, 0.29) is 20.3 Å². The first-order chi connectivity index (χ1) is 24.6. The molecule has 0 saturated carbocycles. The summed E-state index contributed by atoms with van der Waals surface area (Å²) >= 11 is 1.58. The van der Waals surface area contributed by atoms with Crippen molar-refractivity contribution in [3.63, 3.8) is 0 Å². The van der Waals surface area contributed by atoms with Gasteiger partial charge in [0.2, 0.25) is 10.8 Å². The van der Waals surface area contributed by atoms with E-state index in [0.717, 1.165) is 18.3 Å². The molecule has 0 aliphatic carbocycles. The number of esters is 2. The van der Waals surface area contributed by atoms with Crippen LogP contribution in [0.1, 0.15) is 43.7 Å². The number of β-lactam (4-membered cyclic amide) rings is 1. The molecular formula is C30H31N9O10S3. The molecule has 2 aromatic carbocycles. The molecule has 0 spiro atoms. The Labute approximate surface area is 304 Å². The normalized spacial score (nSPS) is 16.9. The Hall–Kier alpha value is -5.45. The number of oxime groups is 1. The summed E-state index contributed by atoms with van der Waals surface area (Å²) in [7, 11) is -3.78. The summed E-state index contributed by atoms with van der Waals surface area (Å²) < 4.78 is 46.8. The lowest BCUT2D eigenvalue weighted by Gasteiger charge is -2.46. The van der Waals surface area contributed by atoms with Gasteiger partial charge in [0.25, 0.3) is 11.8 Å². The first-order valence-corrected chi connectivity index (χ1v) is 18.2. The summed E-state index contributed by atoms with van der Waals surface area (Å²) in [5, 5.41) is 18.6. The molecule has 4 aromatic rings. The van der Waals surface area contributed by atoms with E-state index in [4.69, 9.17) is 20.0 Å². The second-order valence-corrected chi connectivity index (χ2v) is 14.7. The molecule has 1 aliphatic heterocycles. The van der Waals surface area contributed by atoms with Crippen LogP contribution in [0.3, 0.4) is 0 Å². The van der Waals surface area contributed by atoms with Crippen LogP contribution in [0, 0.1) is 0 Å². The van der Waals surface area contributed by atoms with E-state index in [1.165, 1.54) is 31.0 Å². The molecule has 19 nitrogen and oxygen atoms in total. The minimum atomic E-state index is -5.23. The highest BCUT2D eigenvalue weighted by Gasteiger charge is 2.59. The number of carbonyl (C=O) groups excluding carboxylic acids is 4. The lowest BCUT2D eigenvalue weighted by molar-refractivity contribution is -0.172. The number of nitrogens with zero attached hydrogens (tertiary/aromatic N) is 7. The summed E-state index contributed by atoms with van der Waals surface area (Å²) in [5.41, 5.74) is 3.10. The van der Waals surface area contributed by atoms with Crippen molar-refractivity contribution in [1.29, 1.82) is 0 Å². The van der Waals surface area contributed by atoms with Gasteiger partial charge in [0.05, 0.1) is 0 Å². The predicted molar refractivity (Wildman–Crippen MR) is 183 cm³/mol. The van der Waals surface area contributed by atoms with E-state index in [1.54, 1.807) is 48.5 Å². The van der Waals surface area contributed by atoms with E-state index in [2.05, 4.69) is 31.0 Å². The molecule has 22 heteroatoms. The van der Waals surface area contributed by atoms with Gasteiger partial charge in [-0.3, -0.25) is 18.9 Å². The number of aromatic nitrogens is 5. The summed E-state index contributed by atoms with van der Waals surface area (Å²) in [6, 6.07) is 14.6. The molecule has 5 rings (SSSR count). The lowest BCUT2D eigenvalue weighted by atomic mass is 9.99. The largest absolute Gasteiger partial charge is 0.450 e. The van der Waals surface area contributed by atoms with Gasteiger partial charge in [-0.05, 0) is 47.2 Å². The molecule has 4 N–H and O–H groups in total. The third-order valence-electron chi connectivity index (χ3n) is 7.26. The number of hydrogen-bond donors (Lipinski definition) is 3. The number of hydrogen-bond acceptors (Lipinski definition) is 17. The Morgan fingerprint density at radius 2 is 1.69 bits per heavy atom. The Morgan fingerprint density at radius 1 is 1.08 bits per heavy atom. The molecule has 1 aliphatic rings. The molecule has 2 amide bonds. The van der Waals surface area contributed by atoms with Crippen LogP contribution in [0.5, 0.6) is 0 Å². The van der Waals surface area contributed by atoms with Crippen molar-refractivity contribution in [2.45, 2.75) is 55.2 Å². The van der Waals surface area contributed by atoms with Gasteiger partial charge >= 0.3 is 22.2 Å². The monoisotopic (exact) mass is 773 g/mol. The number of carbonyl (C=O) groups is 4. The summed E-state index contributed by atoms with van der Waals surface area (Å²) in [6.45, 7) is 3.74. The Morgan fingerprint density at radius 3 is 2.19 bits per heavy atom. The van der Waals surface area contributed by atoms with Gasteiger partial charge in [-0.1, -0.05) is 65.8 Å². The van der Waals surface area contributed by atoms with Crippen molar-refractivity contribution in [3.8, 4) is 0 Å². The number of nitrogens with one attached hydrogen (secondary N) is 1. The fourth-order valence-corrected chi connectivity index (χ4v) is 7.35. The summed E-state index contributed by atoms with van der Waals surface area (Å²) in [5.74, 6) is -4.16. The number of tetrazole rings is 1. The van der Waals surface area contributed by atoms with Crippen LogP contribution < -0.4 is 11.1 Å². The zero-order chi connectivity index (χ0) is 37.8. The second kappa shape index (κ2) is 15.4. The van der Waals surface area contributed by atoms with Crippen molar-refractivity contribution in [2.75, 3.05) is 5.73 Å². The number of thiazole rings is 1. The maximum Gasteiger partial charge on any atom is 0.362 e. The number of rotatable bonds is 14. The highest BCUT2D eigenvalue weighted by molar-refractivity contribution is 7.99. The topological polar surface area (TPSA) is 260 Å². The van der Waals surface area contributed by atoms with Gasteiger partial charge < -0.3 is 25.4 Å². The van der Waals surface area contributed by atoms with E-state index in [1.807, 2.05) is 12.1 Å². The van der Waals surface area contributed by atoms with Gasteiger partial charge in [-0.15, -0.1) is 16.4 Å². The lowest BCUT2D eigenvalue weighted by Crippen LogP contribution is -2.75. The first-order valence-electron chi connectivity index (χ1n) is 15.0. The maximum atomic E-state index is 13.8. The minimum Gasteiger partial charge on any atom is -0.450 e. The molecule has 1 fully saturated rings. The van der Waals surface area contributed by atoms with Crippen LogP contribution in [0.2, 0.25) is 0 Å². The predicted octanol–water partition coefficient (Wildman–Crippen LogP) is 1.26. The molecule has 274 valence electrons. The fraction of sp³-hybridized carbons (Fsp3) is 0.300. The van der Waals surface area contributed by atoms with Crippen LogP contribution in [0.25, 0.3) is 0 Å². The van der Waals surface area contributed by atoms with Gasteiger partial charge in [-0.2, -0.15) is 8.42 Å². The summed E-state index contributed by atoms with van der Waals surface area (Å²) in [6.07, 6.45) is -0.824. The van der Waals surface area contributed by atoms with Gasteiger partial charge in [0, 0.05) is 19.4 Å². The molecule has 2 aromatic heterocycles. The zero-order valence-electron chi connectivity index (χ0n) is 27.7. The Balaban J connectivity index is 1.42. The number of nitrogen functional groups attached to an aromatic ring is 1. The van der Waals surface area contributed by atoms with Crippen LogP contribution in [-0.4, -0.2) is 95.1 Å².